The zero-order valence-electron chi connectivity index (χ0n) is 25.3. The summed E-state index contributed by atoms with van der Waals surface area (Å²) in [5.74, 6) is 2.23. The molecule has 0 atom stereocenters. The lowest BCUT2D eigenvalue weighted by Crippen LogP contribution is -2.35. The van der Waals surface area contributed by atoms with Gasteiger partial charge in [-0.15, -0.1) is 0 Å². The Bertz CT molecular complexity index is 2430. The van der Waals surface area contributed by atoms with Gasteiger partial charge in [0, 0.05) is 22.1 Å². The van der Waals surface area contributed by atoms with Gasteiger partial charge in [-0.1, -0.05) is 127 Å². The maximum atomic E-state index is 6.47. The average molecular weight is 605 g/mol. The molecular weight excluding hydrogens is 576 g/mol. The topological polar surface area (TPSA) is 62.8 Å². The zero-order valence-corrected chi connectivity index (χ0v) is 25.3. The first-order chi connectivity index (χ1) is 23.3. The van der Waals surface area contributed by atoms with Gasteiger partial charge in [0.2, 0.25) is 5.89 Å². The lowest BCUT2D eigenvalue weighted by atomic mass is 9.95. The largest absolute Gasteiger partial charge is 0.435 e. The van der Waals surface area contributed by atoms with Crippen molar-refractivity contribution < 1.29 is 4.42 Å². The van der Waals surface area contributed by atoms with E-state index in [-0.39, 0.29) is 0 Å². The third-order valence-electron chi connectivity index (χ3n) is 8.73. The van der Waals surface area contributed by atoms with Crippen LogP contribution < -0.4 is 5.32 Å². The minimum absolute atomic E-state index is 0.395. The van der Waals surface area contributed by atoms with E-state index >= 15 is 0 Å². The number of hydrogen-bond donors (Lipinski definition) is 1. The molecule has 0 radical (unpaired) electrons. The van der Waals surface area contributed by atoms with Crippen LogP contribution in [-0.2, 0) is 0 Å². The fraction of sp³-hybridized carbons (Fsp3) is 0.0238. The van der Waals surface area contributed by atoms with Gasteiger partial charge in [-0.2, -0.15) is 0 Å². The van der Waals surface area contributed by atoms with Crippen LogP contribution in [0.1, 0.15) is 22.9 Å². The van der Waals surface area contributed by atoms with E-state index in [9.17, 15) is 0 Å². The van der Waals surface area contributed by atoms with Crippen molar-refractivity contribution in [3.8, 4) is 22.6 Å². The predicted octanol–water partition coefficient (Wildman–Crippen LogP) is 9.96. The van der Waals surface area contributed by atoms with Crippen LogP contribution in [0.15, 0.2) is 172 Å². The molecule has 1 aliphatic heterocycles. The summed E-state index contributed by atoms with van der Waals surface area (Å²) >= 11 is 0. The number of amidine groups is 2. The number of rotatable bonds is 5. The van der Waals surface area contributed by atoms with Gasteiger partial charge in [0.05, 0.1) is 0 Å². The average Bonchev–Trinajstić information content (AvgIpc) is 3.60. The van der Waals surface area contributed by atoms with Crippen LogP contribution in [0.2, 0.25) is 0 Å². The summed E-state index contributed by atoms with van der Waals surface area (Å²) in [6.45, 7) is 0. The standard InChI is InChI=1S/C42H28N4O/c1-4-11-29(12-5-1)39-44-40(30-13-6-2-7-14-30)46-41(45-39)34-18-10-17-32(25-34)33-22-20-27-19-21-28-23-24-36-38(37(28)35(27)26-33)47-42(43-36)31-15-8-3-9-16-31/h1-26,41H,(H,44,45,46). The van der Waals surface area contributed by atoms with E-state index in [1.54, 1.807) is 0 Å². The Morgan fingerprint density at radius 1 is 0.489 bits per heavy atom. The summed E-state index contributed by atoms with van der Waals surface area (Å²) in [6, 6.07) is 54.2. The molecule has 0 spiro atoms. The van der Waals surface area contributed by atoms with Crippen molar-refractivity contribution in [3.05, 3.63) is 174 Å². The van der Waals surface area contributed by atoms with Gasteiger partial charge < -0.3 is 9.73 Å². The number of benzene rings is 7. The SMILES string of the molecule is c1ccc(C2=NC(c3cccc(-c4ccc5ccc6ccc7nc(-c8ccccc8)oc7c6c5c4)c3)N=C(c3ccccc3)N2)cc1. The van der Waals surface area contributed by atoms with E-state index < -0.39 is 6.17 Å². The highest BCUT2D eigenvalue weighted by Crippen LogP contribution is 2.37. The molecule has 1 aromatic heterocycles. The van der Waals surface area contributed by atoms with Crippen LogP contribution in [0.3, 0.4) is 0 Å². The van der Waals surface area contributed by atoms with Crippen molar-refractivity contribution in [2.45, 2.75) is 6.17 Å². The monoisotopic (exact) mass is 604 g/mol. The molecule has 9 rings (SSSR count). The fourth-order valence-corrected chi connectivity index (χ4v) is 6.37. The molecule has 0 saturated heterocycles. The molecule has 0 aliphatic carbocycles. The lowest BCUT2D eigenvalue weighted by Gasteiger charge is -2.22. The first kappa shape index (κ1) is 27.0. The molecule has 0 bridgehead atoms. The molecule has 0 amide bonds. The maximum absolute atomic E-state index is 6.47. The Balaban J connectivity index is 1.16. The van der Waals surface area contributed by atoms with Gasteiger partial charge in [0.1, 0.15) is 17.2 Å². The number of hydrogen-bond acceptors (Lipinski definition) is 5. The van der Waals surface area contributed by atoms with E-state index in [1.165, 1.54) is 0 Å². The van der Waals surface area contributed by atoms with E-state index in [1.807, 2.05) is 72.8 Å². The molecule has 5 nitrogen and oxygen atoms in total. The Labute approximate surface area is 271 Å². The van der Waals surface area contributed by atoms with Crippen LogP contribution >= 0.6 is 0 Å². The summed E-state index contributed by atoms with van der Waals surface area (Å²) in [6.07, 6.45) is -0.395. The lowest BCUT2D eigenvalue weighted by molar-refractivity contribution is 0.623. The summed E-state index contributed by atoms with van der Waals surface area (Å²) in [5, 5.41) is 7.94. The Kier molecular flexibility index (Phi) is 6.46. The highest BCUT2D eigenvalue weighted by molar-refractivity contribution is 6.19. The number of aromatic nitrogens is 1. The first-order valence-electron chi connectivity index (χ1n) is 15.7. The molecule has 1 aliphatic rings. The molecule has 2 heterocycles. The molecule has 222 valence electrons. The highest BCUT2D eigenvalue weighted by atomic mass is 16.3. The summed E-state index contributed by atoms with van der Waals surface area (Å²) in [4.78, 5) is 15.0. The van der Waals surface area contributed by atoms with Crippen LogP contribution in [0.5, 0.6) is 0 Å². The smallest absolute Gasteiger partial charge is 0.227 e. The second-order valence-corrected chi connectivity index (χ2v) is 11.7. The van der Waals surface area contributed by atoms with Gasteiger partial charge in [0.25, 0.3) is 0 Å². The Hall–Kier alpha value is -6.33. The van der Waals surface area contributed by atoms with Gasteiger partial charge in [-0.05, 0) is 63.2 Å². The number of fused-ring (bicyclic) bond motifs is 5. The summed E-state index contributed by atoms with van der Waals surface area (Å²) in [5.41, 5.74) is 7.89. The Morgan fingerprint density at radius 3 is 1.77 bits per heavy atom. The molecule has 1 N–H and O–H groups in total. The molecule has 0 unspecified atom stereocenters. The van der Waals surface area contributed by atoms with Gasteiger partial charge in [-0.25, -0.2) is 15.0 Å². The number of nitrogens with zero attached hydrogens (tertiary/aromatic N) is 3. The van der Waals surface area contributed by atoms with Crippen molar-refractivity contribution in [1.29, 1.82) is 0 Å². The van der Waals surface area contributed by atoms with Gasteiger partial charge in [0.15, 0.2) is 11.7 Å². The van der Waals surface area contributed by atoms with Crippen molar-refractivity contribution in [2.75, 3.05) is 0 Å². The number of nitrogens with one attached hydrogen (secondary N) is 1. The van der Waals surface area contributed by atoms with Crippen molar-refractivity contribution >= 4 is 44.3 Å². The van der Waals surface area contributed by atoms with Crippen LogP contribution in [0.4, 0.5) is 0 Å². The fourth-order valence-electron chi connectivity index (χ4n) is 6.37. The van der Waals surface area contributed by atoms with Crippen molar-refractivity contribution in [3.63, 3.8) is 0 Å². The van der Waals surface area contributed by atoms with Gasteiger partial charge in [-0.3, -0.25) is 0 Å². The number of aliphatic imine (C=N–C) groups is 2. The zero-order chi connectivity index (χ0) is 31.2. The molecule has 47 heavy (non-hydrogen) atoms. The summed E-state index contributed by atoms with van der Waals surface area (Å²) < 4.78 is 6.47. The summed E-state index contributed by atoms with van der Waals surface area (Å²) in [7, 11) is 0. The van der Waals surface area contributed by atoms with E-state index in [4.69, 9.17) is 19.4 Å². The minimum atomic E-state index is -0.395. The quantitative estimate of drug-likeness (QED) is 0.199. The molecule has 5 heteroatoms. The van der Waals surface area contributed by atoms with Gasteiger partial charge >= 0.3 is 0 Å². The van der Waals surface area contributed by atoms with Crippen molar-refractivity contribution in [2.24, 2.45) is 9.98 Å². The molecule has 0 fully saturated rings. The first-order valence-corrected chi connectivity index (χ1v) is 15.7. The molecule has 8 aromatic rings. The maximum Gasteiger partial charge on any atom is 0.227 e. The minimum Gasteiger partial charge on any atom is -0.435 e. The molecule has 0 saturated carbocycles. The van der Waals surface area contributed by atoms with E-state index in [0.29, 0.717) is 5.89 Å². The van der Waals surface area contributed by atoms with Crippen molar-refractivity contribution in [1.82, 2.24) is 10.3 Å². The number of oxazole rings is 1. The van der Waals surface area contributed by atoms with Crippen LogP contribution in [0.25, 0.3) is 55.2 Å². The second-order valence-electron chi connectivity index (χ2n) is 11.7. The van der Waals surface area contributed by atoms with E-state index in [2.05, 4.69) is 90.2 Å². The van der Waals surface area contributed by atoms with E-state index in [0.717, 1.165) is 77.7 Å². The van der Waals surface area contributed by atoms with Crippen LogP contribution in [-0.4, -0.2) is 16.7 Å². The Morgan fingerprint density at radius 2 is 1.06 bits per heavy atom. The normalized spacial score (nSPS) is 13.4. The second kappa shape index (κ2) is 11.2. The molecule has 7 aromatic carbocycles. The van der Waals surface area contributed by atoms with Crippen LogP contribution in [0, 0.1) is 0 Å². The highest BCUT2D eigenvalue weighted by Gasteiger charge is 2.21. The third kappa shape index (κ3) is 4.95. The third-order valence-corrected chi connectivity index (χ3v) is 8.73. The molecular formula is C42H28N4O. The predicted molar refractivity (Wildman–Crippen MR) is 192 cm³/mol.